The predicted molar refractivity (Wildman–Crippen MR) is 210 cm³/mol. The van der Waals surface area contributed by atoms with Crippen LogP contribution in [0.25, 0.3) is 0 Å². The van der Waals surface area contributed by atoms with Crippen LogP contribution < -0.4 is 5.32 Å². The van der Waals surface area contributed by atoms with Crippen molar-refractivity contribution in [2.75, 3.05) is 6.61 Å². The van der Waals surface area contributed by atoms with E-state index in [4.69, 9.17) is 28.4 Å². The molecule has 15 nitrogen and oxygen atoms in total. The van der Waals surface area contributed by atoms with Crippen molar-refractivity contribution in [1.29, 1.82) is 0 Å². The molecule has 1 aliphatic heterocycles. The van der Waals surface area contributed by atoms with Crippen molar-refractivity contribution in [1.82, 2.24) is 5.32 Å². The number of Topliss-reactive ketones (excluding diaryl/α,β-unsaturated/α-hetero) is 1. The maximum absolute atomic E-state index is 15.3. The van der Waals surface area contributed by atoms with Crippen molar-refractivity contribution in [3.8, 4) is 0 Å². The molecule has 4 saturated carbocycles. The van der Waals surface area contributed by atoms with E-state index in [0.29, 0.717) is 12.0 Å². The lowest BCUT2D eigenvalue weighted by molar-refractivity contribution is -0.371. The number of nitrogens with one attached hydrogen (secondary N) is 1. The topological polar surface area (TPSA) is 210 Å². The molecule has 1 amide bonds. The van der Waals surface area contributed by atoms with Crippen LogP contribution in [0.1, 0.15) is 96.6 Å². The molecule has 15 heteroatoms. The lowest BCUT2D eigenvalue weighted by atomic mass is 9.33. The quantitative estimate of drug-likeness (QED) is 0.181. The van der Waals surface area contributed by atoms with Gasteiger partial charge in [0.2, 0.25) is 0 Å². The van der Waals surface area contributed by atoms with Crippen LogP contribution in [0, 0.1) is 22.7 Å². The highest BCUT2D eigenvalue weighted by molar-refractivity contribution is 5.95. The van der Waals surface area contributed by atoms with E-state index in [1.165, 1.54) is 6.92 Å². The van der Waals surface area contributed by atoms with Crippen molar-refractivity contribution in [3.63, 3.8) is 0 Å². The van der Waals surface area contributed by atoms with E-state index in [1.807, 2.05) is 0 Å². The minimum absolute atomic E-state index is 0.0885. The Hall–Kier alpha value is -5.12. The van der Waals surface area contributed by atoms with Crippen LogP contribution in [-0.2, 0) is 47.6 Å². The summed E-state index contributed by atoms with van der Waals surface area (Å²) in [6, 6.07) is 15.1. The fourth-order valence-corrected chi connectivity index (χ4v) is 10.9. The van der Waals surface area contributed by atoms with E-state index in [2.05, 4.69) is 5.32 Å². The number of fused-ring (bicyclic) bond motifs is 2. The van der Waals surface area contributed by atoms with Gasteiger partial charge >= 0.3 is 30.0 Å². The van der Waals surface area contributed by atoms with Crippen LogP contribution in [0.3, 0.4) is 0 Å². The number of hydrogen-bond donors (Lipinski definition) is 3. The second-order valence-electron chi connectivity index (χ2n) is 18.2. The summed E-state index contributed by atoms with van der Waals surface area (Å²) >= 11 is 0. The van der Waals surface area contributed by atoms with Gasteiger partial charge in [0.05, 0.1) is 29.2 Å². The third-order valence-electron chi connectivity index (χ3n) is 13.4. The minimum atomic E-state index is -2.00. The van der Waals surface area contributed by atoms with Gasteiger partial charge in [-0.05, 0) is 76.3 Å². The van der Waals surface area contributed by atoms with Crippen LogP contribution >= 0.6 is 0 Å². The van der Waals surface area contributed by atoms with Gasteiger partial charge in [0.1, 0.15) is 23.9 Å². The predicted octanol–water partition coefficient (Wildman–Crippen LogP) is 4.47. The smallest absolute Gasteiger partial charge is 0.408 e. The number of aliphatic hydroxyl groups is 2. The molecular formula is C45H53NO14. The molecule has 4 bridgehead atoms. The molecule has 3 N–H and O–H groups in total. The zero-order chi connectivity index (χ0) is 43.7. The van der Waals surface area contributed by atoms with Crippen molar-refractivity contribution in [2.24, 2.45) is 22.7 Å². The average Bonchev–Trinajstić information content (AvgIpc) is 3.17. The molecule has 0 radical (unpaired) electrons. The molecule has 60 heavy (non-hydrogen) atoms. The normalized spacial score (nSPS) is 34.9. The number of ketones is 1. The van der Waals surface area contributed by atoms with Crippen LogP contribution in [0.2, 0.25) is 0 Å². The standard InChI is InChI=1S/C45H53NO14/c1-23-28(57-39(52)33(49)32(26-15-11-9-12-16-26)46-40(53)60-41(4,5)6)21-45(54)31-35-42(7,20-19-29-44(35,22-55-29)59-25(3)48)36(50)34(56-24(2)47)30(23)43(45,8)37(31)58-38(51)27-17-13-10-14-18-27/h9-18,28-29,31-35,37,49,54H,19-22H2,1-8H3,(H,46,53)/t28-,29+,31+,32-,33+,34+,35-,37+,42-,43+,44-,45+/m0/s1. The van der Waals surface area contributed by atoms with E-state index < -0.39 is 112 Å². The Balaban J connectivity index is 1.36. The van der Waals surface area contributed by atoms with Gasteiger partial charge in [-0.15, -0.1) is 0 Å². The highest BCUT2D eigenvalue weighted by Crippen LogP contribution is 2.74. The highest BCUT2D eigenvalue weighted by atomic mass is 16.6. The fraction of sp³-hybridized carbons (Fsp3) is 0.556. The highest BCUT2D eigenvalue weighted by Gasteiger charge is 2.85. The molecule has 6 aliphatic rings. The van der Waals surface area contributed by atoms with Gasteiger partial charge in [0.25, 0.3) is 0 Å². The molecule has 0 aromatic heterocycles. The first kappa shape index (κ1) is 43.0. The van der Waals surface area contributed by atoms with Crippen molar-refractivity contribution in [2.45, 2.75) is 128 Å². The van der Waals surface area contributed by atoms with E-state index in [1.54, 1.807) is 102 Å². The molecule has 1 saturated heterocycles. The summed E-state index contributed by atoms with van der Waals surface area (Å²) in [6.07, 6.45) is -7.63. The first-order valence-electron chi connectivity index (χ1n) is 20.2. The van der Waals surface area contributed by atoms with Gasteiger partial charge in [-0.2, -0.15) is 0 Å². The molecule has 12 atom stereocenters. The lowest BCUT2D eigenvalue weighted by Crippen LogP contribution is -2.86. The SMILES string of the molecule is CC(=O)O[C@H]1C(=O)[C@@]2(C)CC[C@H]3OC[C@@]3(OC(C)=O)[C@H]2[C@@H]2[C@@H](OC(=O)c3ccccc3)[C@@]3(C)C1=C(C)[C@@H](OC(=O)[C@H](O)[C@@H](NC(=O)OC(C)(C)C)c1ccccc1)C[C@@]23O. The molecule has 8 rings (SSSR count). The Morgan fingerprint density at radius 2 is 1.55 bits per heavy atom. The van der Waals surface area contributed by atoms with Crippen LogP contribution in [-0.4, -0.2) is 99.9 Å². The second kappa shape index (κ2) is 15.1. The minimum Gasteiger partial charge on any atom is -0.457 e. The first-order valence-corrected chi connectivity index (χ1v) is 20.2. The van der Waals surface area contributed by atoms with E-state index in [-0.39, 0.29) is 36.2 Å². The first-order chi connectivity index (χ1) is 28.1. The number of benzene rings is 2. The number of carbonyl (C=O) groups is 6. The summed E-state index contributed by atoms with van der Waals surface area (Å²) in [6.45, 7) is 12.1. The number of esters is 4. The summed E-state index contributed by atoms with van der Waals surface area (Å²) in [4.78, 5) is 82.4. The van der Waals surface area contributed by atoms with Gasteiger partial charge in [0.15, 0.2) is 23.6 Å². The Labute approximate surface area is 348 Å². The molecular weight excluding hydrogens is 778 g/mol. The summed E-state index contributed by atoms with van der Waals surface area (Å²) in [5, 5.41) is 27.7. The molecule has 2 aromatic rings. The summed E-state index contributed by atoms with van der Waals surface area (Å²) in [7, 11) is 0. The van der Waals surface area contributed by atoms with E-state index in [0.717, 1.165) is 6.92 Å². The number of hydrogen-bond acceptors (Lipinski definition) is 14. The molecule has 5 fully saturated rings. The molecule has 322 valence electrons. The molecule has 0 spiro atoms. The van der Waals surface area contributed by atoms with Gasteiger partial charge in [-0.1, -0.05) is 55.5 Å². The number of aliphatic hydroxyl groups excluding tert-OH is 1. The largest absolute Gasteiger partial charge is 0.457 e. The average molecular weight is 832 g/mol. The number of rotatable bonds is 9. The molecule has 0 unspecified atom stereocenters. The number of ether oxygens (including phenoxy) is 6. The van der Waals surface area contributed by atoms with Crippen molar-refractivity contribution in [3.05, 3.63) is 82.9 Å². The van der Waals surface area contributed by atoms with E-state index >= 15 is 4.79 Å². The Bertz CT molecular complexity index is 2120. The van der Waals surface area contributed by atoms with E-state index in [9.17, 15) is 34.2 Å². The summed E-state index contributed by atoms with van der Waals surface area (Å²) in [5.41, 5.74) is -6.51. The molecule has 1 heterocycles. The van der Waals surface area contributed by atoms with Crippen LogP contribution in [0.5, 0.6) is 0 Å². The Morgan fingerprint density at radius 1 is 0.917 bits per heavy atom. The third-order valence-corrected chi connectivity index (χ3v) is 13.4. The maximum atomic E-state index is 15.3. The van der Waals surface area contributed by atoms with Gasteiger partial charge < -0.3 is 44.0 Å². The zero-order valence-electron chi connectivity index (χ0n) is 35.0. The Morgan fingerprint density at radius 3 is 2.12 bits per heavy atom. The fourth-order valence-electron chi connectivity index (χ4n) is 10.9. The maximum Gasteiger partial charge on any atom is 0.408 e. The number of amides is 1. The zero-order valence-corrected chi connectivity index (χ0v) is 35.0. The monoisotopic (exact) mass is 831 g/mol. The van der Waals surface area contributed by atoms with Crippen LogP contribution in [0.15, 0.2) is 71.8 Å². The molecule has 5 aliphatic carbocycles. The van der Waals surface area contributed by atoms with Gasteiger partial charge in [0, 0.05) is 37.5 Å². The number of alkyl carbamates (subject to hydrolysis) is 1. The van der Waals surface area contributed by atoms with Crippen molar-refractivity contribution >= 4 is 35.8 Å². The Kier molecular flexibility index (Phi) is 10.8. The third kappa shape index (κ3) is 6.78. The lowest BCUT2D eigenvalue weighted by Gasteiger charge is -2.75. The van der Waals surface area contributed by atoms with Gasteiger partial charge in [-0.3, -0.25) is 14.4 Å². The van der Waals surface area contributed by atoms with Gasteiger partial charge in [-0.25, -0.2) is 14.4 Å². The summed E-state index contributed by atoms with van der Waals surface area (Å²) in [5.74, 6) is -6.09. The van der Waals surface area contributed by atoms with Crippen LogP contribution in [0.4, 0.5) is 4.79 Å². The number of carbonyl (C=O) groups excluding carboxylic acids is 6. The molecule has 2 aromatic carbocycles. The second-order valence-corrected chi connectivity index (χ2v) is 18.2. The van der Waals surface area contributed by atoms with Crippen molar-refractivity contribution < 1.29 is 67.4 Å². The summed E-state index contributed by atoms with van der Waals surface area (Å²) < 4.78 is 36.0.